The number of amides is 1. The summed E-state index contributed by atoms with van der Waals surface area (Å²) in [5, 5.41) is 11.0. The molecule has 32 heavy (non-hydrogen) atoms. The summed E-state index contributed by atoms with van der Waals surface area (Å²) in [5.41, 5.74) is 0.528. The van der Waals surface area contributed by atoms with Crippen molar-refractivity contribution in [3.05, 3.63) is 69.8 Å². The van der Waals surface area contributed by atoms with Crippen LogP contribution in [0.5, 0.6) is 5.75 Å². The summed E-state index contributed by atoms with van der Waals surface area (Å²) in [7, 11) is 1.28. The first kappa shape index (κ1) is 24.5. The highest BCUT2D eigenvalue weighted by molar-refractivity contribution is 5.85. The van der Waals surface area contributed by atoms with Crippen LogP contribution in [0.3, 0.4) is 0 Å². The summed E-state index contributed by atoms with van der Waals surface area (Å²) in [6, 6.07) is 13.6. The van der Waals surface area contributed by atoms with Gasteiger partial charge in [-0.2, -0.15) is 0 Å². The van der Waals surface area contributed by atoms with Crippen molar-refractivity contribution in [1.82, 2.24) is 4.90 Å². The smallest absolute Gasteiger partial charge is 0.325 e. The van der Waals surface area contributed by atoms with E-state index in [4.69, 9.17) is 9.47 Å². The van der Waals surface area contributed by atoms with Gasteiger partial charge in [0.25, 0.3) is 5.69 Å². The molecule has 1 amide bonds. The minimum atomic E-state index is -0.627. The standard InChI is InChI=1S/C23H26N2O7/c1-31-23(28)16-24(15-18-9-4-2-5-10-18)22(27)13-6-3-7-14-32-21-12-8-11-20(25(29)30)19(21)17-26/h2,4-5,8-12,17H,3,6-7,13-16H2,1H3. The van der Waals surface area contributed by atoms with Gasteiger partial charge in [-0.3, -0.25) is 24.5 Å². The number of unbranched alkanes of at least 4 members (excludes halogenated alkanes) is 2. The van der Waals surface area contributed by atoms with Crippen molar-refractivity contribution in [3.63, 3.8) is 0 Å². The Morgan fingerprint density at radius 2 is 1.81 bits per heavy atom. The Hall–Kier alpha value is -3.75. The molecule has 0 radical (unpaired) electrons. The molecule has 0 fully saturated rings. The van der Waals surface area contributed by atoms with Crippen LogP contribution in [0.15, 0.2) is 48.5 Å². The number of benzene rings is 2. The molecule has 0 N–H and O–H groups in total. The van der Waals surface area contributed by atoms with Crippen molar-refractivity contribution in [3.8, 4) is 5.75 Å². The average molecular weight is 442 g/mol. The van der Waals surface area contributed by atoms with Crippen molar-refractivity contribution in [2.45, 2.75) is 32.2 Å². The number of esters is 1. The molecule has 0 unspecified atom stereocenters. The van der Waals surface area contributed by atoms with Crippen LogP contribution >= 0.6 is 0 Å². The highest BCUT2D eigenvalue weighted by Gasteiger charge is 2.19. The maximum absolute atomic E-state index is 12.6. The van der Waals surface area contributed by atoms with Crippen molar-refractivity contribution in [2.75, 3.05) is 20.3 Å². The molecule has 0 heterocycles. The van der Waals surface area contributed by atoms with Crippen molar-refractivity contribution >= 4 is 23.9 Å². The molecule has 2 aromatic carbocycles. The summed E-state index contributed by atoms with van der Waals surface area (Å²) in [4.78, 5) is 47.3. The summed E-state index contributed by atoms with van der Waals surface area (Å²) in [5.74, 6) is -0.467. The molecule has 2 aromatic rings. The lowest BCUT2D eigenvalue weighted by molar-refractivity contribution is -0.385. The number of rotatable bonds is 13. The Morgan fingerprint density at radius 3 is 2.47 bits per heavy atom. The Balaban J connectivity index is 1.81. The van der Waals surface area contributed by atoms with E-state index in [0.717, 1.165) is 5.56 Å². The van der Waals surface area contributed by atoms with Crippen molar-refractivity contribution in [2.24, 2.45) is 0 Å². The molecule has 0 aliphatic heterocycles. The van der Waals surface area contributed by atoms with E-state index < -0.39 is 10.9 Å². The second kappa shape index (κ2) is 12.8. The fraction of sp³-hybridized carbons (Fsp3) is 0.348. The molecule has 0 bridgehead atoms. The van der Waals surface area contributed by atoms with E-state index >= 15 is 0 Å². The number of methoxy groups -OCH3 is 1. The summed E-state index contributed by atoms with van der Waals surface area (Å²) in [6.45, 7) is 0.458. The quantitative estimate of drug-likeness (QED) is 0.153. The molecule has 0 aliphatic carbocycles. The second-order valence-electron chi connectivity index (χ2n) is 7.03. The lowest BCUT2D eigenvalue weighted by atomic mass is 10.1. The predicted octanol–water partition coefficient (Wildman–Crippen LogP) is 3.55. The Kier molecular flexibility index (Phi) is 9.83. The van der Waals surface area contributed by atoms with Crippen LogP contribution in [0.1, 0.15) is 41.6 Å². The van der Waals surface area contributed by atoms with E-state index in [1.54, 1.807) is 0 Å². The van der Waals surface area contributed by atoms with E-state index in [2.05, 4.69) is 0 Å². The number of nitro groups is 1. The second-order valence-corrected chi connectivity index (χ2v) is 7.03. The van der Waals surface area contributed by atoms with Crippen LogP contribution in [0.25, 0.3) is 0 Å². The molecule has 170 valence electrons. The van der Waals surface area contributed by atoms with Gasteiger partial charge in [0, 0.05) is 19.0 Å². The number of aldehydes is 1. The van der Waals surface area contributed by atoms with Gasteiger partial charge in [0.15, 0.2) is 6.29 Å². The summed E-state index contributed by atoms with van der Waals surface area (Å²) >= 11 is 0. The van der Waals surface area contributed by atoms with E-state index in [9.17, 15) is 24.5 Å². The Bertz CT molecular complexity index is 931. The van der Waals surface area contributed by atoms with Crippen LogP contribution in [0.4, 0.5) is 5.69 Å². The molecule has 0 aliphatic rings. The van der Waals surface area contributed by atoms with Gasteiger partial charge >= 0.3 is 5.97 Å². The van der Waals surface area contributed by atoms with E-state index in [-0.39, 0.29) is 42.5 Å². The van der Waals surface area contributed by atoms with Gasteiger partial charge in [0.1, 0.15) is 17.9 Å². The number of hydrogen-bond donors (Lipinski definition) is 0. The Morgan fingerprint density at radius 1 is 1.06 bits per heavy atom. The molecule has 9 nitrogen and oxygen atoms in total. The van der Waals surface area contributed by atoms with Crippen LogP contribution in [-0.2, 0) is 20.9 Å². The van der Waals surface area contributed by atoms with Gasteiger partial charge in [-0.25, -0.2) is 0 Å². The monoisotopic (exact) mass is 442 g/mol. The normalized spacial score (nSPS) is 10.3. The van der Waals surface area contributed by atoms with Crippen LogP contribution in [-0.4, -0.2) is 48.2 Å². The van der Waals surface area contributed by atoms with Crippen LogP contribution in [0, 0.1) is 10.1 Å². The number of hydrogen-bond acceptors (Lipinski definition) is 7. The zero-order chi connectivity index (χ0) is 23.3. The van der Waals surface area contributed by atoms with Crippen LogP contribution < -0.4 is 4.74 Å². The maximum Gasteiger partial charge on any atom is 0.325 e. The highest BCUT2D eigenvalue weighted by atomic mass is 16.6. The zero-order valence-corrected chi connectivity index (χ0v) is 17.9. The molecule has 9 heteroatoms. The van der Waals surface area contributed by atoms with Gasteiger partial charge in [-0.1, -0.05) is 36.4 Å². The van der Waals surface area contributed by atoms with Crippen molar-refractivity contribution < 1.29 is 28.8 Å². The number of nitro benzene ring substituents is 1. The van der Waals surface area contributed by atoms with E-state index in [1.807, 2.05) is 30.3 Å². The fourth-order valence-electron chi connectivity index (χ4n) is 3.09. The fourth-order valence-corrected chi connectivity index (χ4v) is 3.09. The minimum absolute atomic E-state index is 0.0907. The Labute approximate surface area is 186 Å². The first-order chi connectivity index (χ1) is 15.5. The minimum Gasteiger partial charge on any atom is -0.493 e. The lowest BCUT2D eigenvalue weighted by Gasteiger charge is -2.21. The third-order valence-electron chi connectivity index (χ3n) is 4.77. The van der Waals surface area contributed by atoms with Gasteiger partial charge in [0.05, 0.1) is 18.6 Å². The largest absolute Gasteiger partial charge is 0.493 e. The topological polar surface area (TPSA) is 116 Å². The van der Waals surface area contributed by atoms with Crippen LogP contribution in [0.2, 0.25) is 0 Å². The average Bonchev–Trinajstić information content (AvgIpc) is 2.80. The maximum atomic E-state index is 12.6. The lowest BCUT2D eigenvalue weighted by Crippen LogP contribution is -2.35. The van der Waals surface area contributed by atoms with Crippen molar-refractivity contribution in [1.29, 1.82) is 0 Å². The summed E-state index contributed by atoms with van der Waals surface area (Å²) < 4.78 is 10.2. The summed E-state index contributed by atoms with van der Waals surface area (Å²) in [6.07, 6.45) is 2.54. The first-order valence-corrected chi connectivity index (χ1v) is 10.2. The highest BCUT2D eigenvalue weighted by Crippen LogP contribution is 2.26. The molecule has 0 saturated carbocycles. The number of carbonyl (C=O) groups excluding carboxylic acids is 3. The molecule has 0 saturated heterocycles. The molecule has 0 atom stereocenters. The first-order valence-electron chi connectivity index (χ1n) is 10.2. The number of nitrogens with zero attached hydrogens (tertiary/aromatic N) is 2. The molecular weight excluding hydrogens is 416 g/mol. The molecule has 0 spiro atoms. The zero-order valence-electron chi connectivity index (χ0n) is 17.9. The van der Waals surface area contributed by atoms with Gasteiger partial charge in [-0.05, 0) is 30.9 Å². The predicted molar refractivity (Wildman–Crippen MR) is 116 cm³/mol. The number of ether oxygens (including phenoxy) is 2. The van der Waals surface area contributed by atoms with Gasteiger partial charge in [-0.15, -0.1) is 0 Å². The SMILES string of the molecule is COC(=O)CN(Cc1ccccc1)C(=O)CCCCCOc1cccc([N+](=O)[O-])c1C=O. The molecule has 0 aromatic heterocycles. The van der Waals surface area contributed by atoms with E-state index in [1.165, 1.54) is 30.2 Å². The van der Waals surface area contributed by atoms with E-state index in [0.29, 0.717) is 32.1 Å². The van der Waals surface area contributed by atoms with Gasteiger partial charge in [0.2, 0.25) is 5.91 Å². The number of carbonyl (C=O) groups is 3. The van der Waals surface area contributed by atoms with Gasteiger partial charge < -0.3 is 14.4 Å². The third kappa shape index (κ3) is 7.50. The third-order valence-corrected chi connectivity index (χ3v) is 4.77. The molecular formula is C23H26N2O7. The molecule has 2 rings (SSSR count).